The van der Waals surface area contributed by atoms with Crippen molar-refractivity contribution in [3.8, 4) is 0 Å². The van der Waals surface area contributed by atoms with Crippen LogP contribution >= 0.6 is 11.3 Å². The van der Waals surface area contributed by atoms with Crippen molar-refractivity contribution in [2.75, 3.05) is 0 Å². The minimum Gasteiger partial charge on any atom is -0.458 e. The number of benzene rings is 1. The van der Waals surface area contributed by atoms with E-state index in [4.69, 9.17) is 4.42 Å². The van der Waals surface area contributed by atoms with Gasteiger partial charge in [0.15, 0.2) is 0 Å². The molecule has 0 aliphatic carbocycles. The second-order valence-electron chi connectivity index (χ2n) is 4.56. The largest absolute Gasteiger partial charge is 0.458 e. The molecule has 2 aromatic heterocycles. The number of fused-ring (bicyclic) bond motifs is 1. The zero-order valence-electron chi connectivity index (χ0n) is 10.3. The van der Waals surface area contributed by atoms with Gasteiger partial charge in [0.05, 0.1) is 0 Å². The maximum absolute atomic E-state index is 10.3. The molecule has 1 atom stereocenters. The van der Waals surface area contributed by atoms with Crippen molar-refractivity contribution in [1.82, 2.24) is 0 Å². The highest BCUT2D eigenvalue weighted by Gasteiger charge is 2.18. The minimum absolute atomic E-state index is 0.612. The third kappa shape index (κ3) is 1.85. The summed E-state index contributed by atoms with van der Waals surface area (Å²) >= 11 is 1.56. The van der Waals surface area contributed by atoms with Gasteiger partial charge in [-0.15, -0.1) is 11.3 Å². The molecule has 0 spiro atoms. The Labute approximate surface area is 109 Å². The summed E-state index contributed by atoms with van der Waals surface area (Å²) in [7, 11) is 0. The summed E-state index contributed by atoms with van der Waals surface area (Å²) < 4.78 is 5.72. The molecule has 1 unspecified atom stereocenters. The molecule has 92 valence electrons. The Morgan fingerprint density at radius 3 is 2.72 bits per heavy atom. The molecule has 0 aliphatic rings. The average Bonchev–Trinajstić information content (AvgIpc) is 2.93. The SMILES string of the molecule is Cc1ccc2oc(C(O)c3sccc3C)cc2c1. The van der Waals surface area contributed by atoms with Crippen LogP contribution in [-0.2, 0) is 0 Å². The Morgan fingerprint density at radius 2 is 2.00 bits per heavy atom. The first kappa shape index (κ1) is 11.5. The van der Waals surface area contributed by atoms with Crippen LogP contribution in [0, 0.1) is 13.8 Å². The van der Waals surface area contributed by atoms with Crippen molar-refractivity contribution in [2.24, 2.45) is 0 Å². The van der Waals surface area contributed by atoms with Gasteiger partial charge >= 0.3 is 0 Å². The number of furan rings is 1. The first-order chi connectivity index (χ1) is 8.65. The summed E-state index contributed by atoms with van der Waals surface area (Å²) in [5.74, 6) is 0.612. The van der Waals surface area contributed by atoms with Crippen LogP contribution in [0.5, 0.6) is 0 Å². The van der Waals surface area contributed by atoms with Crippen LogP contribution in [0.15, 0.2) is 40.1 Å². The van der Waals surface area contributed by atoms with Gasteiger partial charge in [0.25, 0.3) is 0 Å². The number of rotatable bonds is 2. The molecular weight excluding hydrogens is 244 g/mol. The molecular formula is C15H14O2S. The monoisotopic (exact) mass is 258 g/mol. The third-order valence-electron chi connectivity index (χ3n) is 3.11. The average molecular weight is 258 g/mol. The van der Waals surface area contributed by atoms with E-state index in [-0.39, 0.29) is 0 Å². The lowest BCUT2D eigenvalue weighted by Gasteiger charge is -2.05. The number of thiophene rings is 1. The zero-order valence-corrected chi connectivity index (χ0v) is 11.1. The number of hydrogen-bond acceptors (Lipinski definition) is 3. The van der Waals surface area contributed by atoms with Gasteiger partial charge in [-0.25, -0.2) is 0 Å². The van der Waals surface area contributed by atoms with Crippen LogP contribution in [0.1, 0.15) is 27.9 Å². The van der Waals surface area contributed by atoms with E-state index < -0.39 is 6.10 Å². The molecule has 0 saturated heterocycles. The molecule has 1 aromatic carbocycles. The van der Waals surface area contributed by atoms with Gasteiger partial charge < -0.3 is 9.52 Å². The van der Waals surface area contributed by atoms with Crippen LogP contribution in [0.3, 0.4) is 0 Å². The fourth-order valence-corrected chi connectivity index (χ4v) is 3.03. The van der Waals surface area contributed by atoms with Crippen molar-refractivity contribution in [3.63, 3.8) is 0 Å². The number of hydrogen-bond donors (Lipinski definition) is 1. The fourth-order valence-electron chi connectivity index (χ4n) is 2.11. The van der Waals surface area contributed by atoms with Gasteiger partial charge in [-0.05, 0) is 49.1 Å². The summed E-state index contributed by atoms with van der Waals surface area (Å²) in [6.07, 6.45) is -0.669. The number of aliphatic hydroxyl groups is 1. The Balaban J connectivity index is 2.07. The lowest BCUT2D eigenvalue weighted by Crippen LogP contribution is -1.96. The number of aryl methyl sites for hydroxylation is 2. The first-order valence-corrected chi connectivity index (χ1v) is 6.75. The smallest absolute Gasteiger partial charge is 0.146 e. The summed E-state index contributed by atoms with van der Waals surface area (Å²) in [5, 5.41) is 13.4. The third-order valence-corrected chi connectivity index (χ3v) is 4.18. The molecule has 18 heavy (non-hydrogen) atoms. The fraction of sp³-hybridized carbons (Fsp3) is 0.200. The predicted octanol–water partition coefficient (Wildman–Crippen LogP) is 4.19. The highest BCUT2D eigenvalue weighted by atomic mass is 32.1. The molecule has 0 saturated carbocycles. The van der Waals surface area contributed by atoms with Gasteiger partial charge in [-0.1, -0.05) is 11.6 Å². The van der Waals surface area contributed by atoms with E-state index in [1.165, 1.54) is 5.56 Å². The van der Waals surface area contributed by atoms with Gasteiger partial charge in [0.2, 0.25) is 0 Å². The molecule has 2 nitrogen and oxygen atoms in total. The van der Waals surface area contributed by atoms with Crippen molar-refractivity contribution in [3.05, 3.63) is 57.5 Å². The van der Waals surface area contributed by atoms with Gasteiger partial charge in [0.1, 0.15) is 17.4 Å². The molecule has 0 bridgehead atoms. The normalized spacial score (nSPS) is 13.1. The standard InChI is InChI=1S/C15H14O2S/c1-9-3-4-12-11(7-9)8-13(17-12)14(16)15-10(2)5-6-18-15/h3-8,14,16H,1-2H3. The summed E-state index contributed by atoms with van der Waals surface area (Å²) in [5.41, 5.74) is 3.12. The van der Waals surface area contributed by atoms with E-state index in [0.717, 1.165) is 21.4 Å². The molecule has 2 heterocycles. The zero-order chi connectivity index (χ0) is 12.7. The molecule has 3 aromatic rings. The van der Waals surface area contributed by atoms with E-state index in [1.54, 1.807) is 11.3 Å². The molecule has 0 fully saturated rings. The van der Waals surface area contributed by atoms with E-state index >= 15 is 0 Å². The highest BCUT2D eigenvalue weighted by molar-refractivity contribution is 7.10. The van der Waals surface area contributed by atoms with Gasteiger partial charge in [0, 0.05) is 10.3 Å². The van der Waals surface area contributed by atoms with Crippen molar-refractivity contribution in [2.45, 2.75) is 20.0 Å². The Bertz CT molecular complexity index is 693. The second-order valence-corrected chi connectivity index (χ2v) is 5.51. The quantitative estimate of drug-likeness (QED) is 0.747. The molecule has 0 amide bonds. The van der Waals surface area contributed by atoms with Crippen molar-refractivity contribution in [1.29, 1.82) is 0 Å². The van der Waals surface area contributed by atoms with Crippen LogP contribution in [0.4, 0.5) is 0 Å². The van der Waals surface area contributed by atoms with Gasteiger partial charge in [-0.3, -0.25) is 0 Å². The topological polar surface area (TPSA) is 33.4 Å². The maximum atomic E-state index is 10.3. The number of aliphatic hydroxyl groups excluding tert-OH is 1. The van der Waals surface area contributed by atoms with E-state index in [9.17, 15) is 5.11 Å². The van der Waals surface area contributed by atoms with Crippen LogP contribution in [-0.4, -0.2) is 5.11 Å². The second kappa shape index (κ2) is 4.26. The van der Waals surface area contributed by atoms with Gasteiger partial charge in [-0.2, -0.15) is 0 Å². The lowest BCUT2D eigenvalue weighted by atomic mass is 10.1. The highest BCUT2D eigenvalue weighted by Crippen LogP contribution is 2.32. The van der Waals surface area contributed by atoms with Crippen molar-refractivity contribution >= 4 is 22.3 Å². The Morgan fingerprint density at radius 1 is 1.17 bits per heavy atom. The van der Waals surface area contributed by atoms with Crippen LogP contribution in [0.25, 0.3) is 11.0 Å². The Hall–Kier alpha value is -1.58. The first-order valence-electron chi connectivity index (χ1n) is 5.87. The molecule has 1 N–H and O–H groups in total. The van der Waals surface area contributed by atoms with E-state index in [2.05, 4.69) is 6.07 Å². The summed E-state index contributed by atoms with van der Waals surface area (Å²) in [4.78, 5) is 0.950. The molecule has 3 rings (SSSR count). The van der Waals surface area contributed by atoms with E-state index in [0.29, 0.717) is 5.76 Å². The molecule has 0 radical (unpaired) electrons. The summed E-state index contributed by atoms with van der Waals surface area (Å²) in [6.45, 7) is 4.05. The molecule has 3 heteroatoms. The van der Waals surface area contributed by atoms with Crippen molar-refractivity contribution < 1.29 is 9.52 Å². The molecule has 0 aliphatic heterocycles. The Kier molecular flexibility index (Phi) is 2.73. The lowest BCUT2D eigenvalue weighted by molar-refractivity contribution is 0.195. The minimum atomic E-state index is -0.669. The summed E-state index contributed by atoms with van der Waals surface area (Å²) in [6, 6.07) is 9.96. The van der Waals surface area contributed by atoms with Crippen LogP contribution in [0.2, 0.25) is 0 Å². The maximum Gasteiger partial charge on any atom is 0.146 e. The van der Waals surface area contributed by atoms with E-state index in [1.807, 2.05) is 43.5 Å². The predicted molar refractivity (Wildman–Crippen MR) is 74.1 cm³/mol. The van der Waals surface area contributed by atoms with Crippen LogP contribution < -0.4 is 0 Å².